The molecule has 0 bridgehead atoms. The zero-order valence-corrected chi connectivity index (χ0v) is 20.3. The molecule has 0 fully saturated rings. The number of aliphatic imine (C=N–C) groups is 1. The molecule has 0 aliphatic carbocycles. The number of rotatable bonds is 10. The number of carbonyl (C=O) groups is 1. The first kappa shape index (κ1) is 24.8. The Morgan fingerprint density at radius 2 is 2.00 bits per heavy atom. The van der Waals surface area contributed by atoms with Crippen LogP contribution in [0.15, 0.2) is 35.3 Å². The maximum Gasteiger partial charge on any atom is 0.350 e. The summed E-state index contributed by atoms with van der Waals surface area (Å²) in [4.78, 5) is 23.8. The van der Waals surface area contributed by atoms with Gasteiger partial charge in [-0.2, -0.15) is 0 Å². The number of nitrogens with zero attached hydrogens (tertiary/aromatic N) is 3. The minimum Gasteiger partial charge on any atom is -0.462 e. The zero-order valence-electron chi connectivity index (χ0n) is 19.4. The summed E-state index contributed by atoms with van der Waals surface area (Å²) in [7, 11) is 3.91. The van der Waals surface area contributed by atoms with E-state index in [2.05, 4.69) is 63.7 Å². The fraction of sp³-hybridized carbons (Fsp3) is 0.522. The molecule has 0 saturated heterocycles. The van der Waals surface area contributed by atoms with E-state index in [0.29, 0.717) is 23.2 Å². The van der Waals surface area contributed by atoms with Crippen molar-refractivity contribution in [2.24, 2.45) is 4.99 Å². The molecule has 0 radical (unpaired) electrons. The van der Waals surface area contributed by atoms with Crippen molar-refractivity contribution in [2.45, 2.75) is 52.7 Å². The van der Waals surface area contributed by atoms with Crippen molar-refractivity contribution in [3.63, 3.8) is 0 Å². The van der Waals surface area contributed by atoms with E-state index >= 15 is 0 Å². The number of nitrogens with one attached hydrogen (secondary N) is 2. The summed E-state index contributed by atoms with van der Waals surface area (Å²) in [6, 6.07) is 10.9. The SMILES string of the molecule is CCOC(=O)c1sc(C(C)NC(=NC)NCCC(C)N(C)Cc2ccccc2)nc1C. The van der Waals surface area contributed by atoms with Crippen LogP contribution < -0.4 is 10.6 Å². The molecule has 170 valence electrons. The first-order valence-corrected chi connectivity index (χ1v) is 11.5. The molecular weight excluding hydrogens is 410 g/mol. The van der Waals surface area contributed by atoms with E-state index in [4.69, 9.17) is 4.74 Å². The highest BCUT2D eigenvalue weighted by molar-refractivity contribution is 7.13. The third-order valence-electron chi connectivity index (χ3n) is 5.10. The first-order valence-electron chi connectivity index (χ1n) is 10.7. The van der Waals surface area contributed by atoms with E-state index in [0.717, 1.165) is 30.5 Å². The lowest BCUT2D eigenvalue weighted by Crippen LogP contribution is -2.41. The van der Waals surface area contributed by atoms with Gasteiger partial charge in [0.15, 0.2) is 5.96 Å². The molecule has 2 N–H and O–H groups in total. The van der Waals surface area contributed by atoms with Crippen LogP contribution >= 0.6 is 11.3 Å². The lowest BCUT2D eigenvalue weighted by molar-refractivity contribution is 0.0531. The van der Waals surface area contributed by atoms with Crippen LogP contribution in [0.25, 0.3) is 0 Å². The van der Waals surface area contributed by atoms with Crippen LogP contribution in [-0.4, -0.2) is 55.1 Å². The van der Waals surface area contributed by atoms with E-state index in [9.17, 15) is 4.79 Å². The molecule has 2 aromatic rings. The summed E-state index contributed by atoms with van der Waals surface area (Å²) in [6.07, 6.45) is 0.988. The topological polar surface area (TPSA) is 78.8 Å². The van der Waals surface area contributed by atoms with E-state index in [1.54, 1.807) is 14.0 Å². The third kappa shape index (κ3) is 7.63. The number of aromatic nitrogens is 1. The number of thiazole rings is 1. The number of ether oxygens (including phenoxy) is 1. The van der Waals surface area contributed by atoms with Gasteiger partial charge in [0.1, 0.15) is 9.88 Å². The van der Waals surface area contributed by atoms with Gasteiger partial charge in [-0.3, -0.25) is 9.89 Å². The lowest BCUT2D eigenvalue weighted by Gasteiger charge is -2.25. The fourth-order valence-electron chi connectivity index (χ4n) is 3.10. The molecule has 2 rings (SSSR count). The molecular formula is C23H35N5O2S. The van der Waals surface area contributed by atoms with Gasteiger partial charge in [0.05, 0.1) is 18.3 Å². The predicted molar refractivity (Wildman–Crippen MR) is 128 cm³/mol. The molecule has 7 nitrogen and oxygen atoms in total. The fourth-order valence-corrected chi connectivity index (χ4v) is 4.06. The number of esters is 1. The second kappa shape index (κ2) is 12.4. The van der Waals surface area contributed by atoms with Gasteiger partial charge in [-0.15, -0.1) is 11.3 Å². The highest BCUT2D eigenvalue weighted by Crippen LogP contribution is 2.24. The summed E-state index contributed by atoms with van der Waals surface area (Å²) in [5, 5.41) is 7.57. The van der Waals surface area contributed by atoms with Crippen molar-refractivity contribution in [3.05, 3.63) is 51.5 Å². The average molecular weight is 446 g/mol. The number of aryl methyl sites for hydroxylation is 1. The van der Waals surface area contributed by atoms with Crippen molar-refractivity contribution in [3.8, 4) is 0 Å². The minimum absolute atomic E-state index is 0.0729. The monoisotopic (exact) mass is 445 g/mol. The molecule has 0 aliphatic heterocycles. The molecule has 31 heavy (non-hydrogen) atoms. The second-order valence-electron chi connectivity index (χ2n) is 7.59. The minimum atomic E-state index is -0.313. The molecule has 1 aromatic carbocycles. The van der Waals surface area contributed by atoms with E-state index in [1.807, 2.05) is 19.9 Å². The summed E-state index contributed by atoms with van der Waals surface area (Å²) in [6.45, 7) is 9.97. The van der Waals surface area contributed by atoms with E-state index in [1.165, 1.54) is 16.9 Å². The average Bonchev–Trinajstić information content (AvgIpc) is 3.15. The summed E-state index contributed by atoms with van der Waals surface area (Å²) in [5.74, 6) is 0.406. The van der Waals surface area contributed by atoms with Crippen LogP contribution in [0.5, 0.6) is 0 Å². The normalized spacial score (nSPS) is 13.7. The molecule has 1 heterocycles. The quantitative estimate of drug-likeness (QED) is 0.329. The Balaban J connectivity index is 1.82. The second-order valence-corrected chi connectivity index (χ2v) is 8.62. The first-order chi connectivity index (χ1) is 14.8. The molecule has 8 heteroatoms. The smallest absolute Gasteiger partial charge is 0.350 e. The van der Waals surface area contributed by atoms with Gasteiger partial charge in [0, 0.05) is 26.2 Å². The largest absolute Gasteiger partial charge is 0.462 e. The van der Waals surface area contributed by atoms with E-state index in [-0.39, 0.29) is 12.0 Å². The Bertz CT molecular complexity index is 853. The van der Waals surface area contributed by atoms with Crippen molar-refractivity contribution in [1.82, 2.24) is 20.5 Å². The van der Waals surface area contributed by atoms with Crippen LogP contribution in [0.3, 0.4) is 0 Å². The van der Waals surface area contributed by atoms with Crippen molar-refractivity contribution in [2.75, 3.05) is 27.2 Å². The third-order valence-corrected chi connectivity index (χ3v) is 6.42. The number of guanidine groups is 1. The van der Waals surface area contributed by atoms with Crippen LogP contribution in [0, 0.1) is 6.92 Å². The van der Waals surface area contributed by atoms with Gasteiger partial charge in [-0.1, -0.05) is 30.3 Å². The molecule has 1 aromatic heterocycles. The van der Waals surface area contributed by atoms with Crippen LogP contribution in [0.4, 0.5) is 0 Å². The van der Waals surface area contributed by atoms with Crippen molar-refractivity contribution >= 4 is 23.3 Å². The molecule has 0 amide bonds. The maximum atomic E-state index is 12.0. The van der Waals surface area contributed by atoms with Gasteiger partial charge in [0.2, 0.25) is 0 Å². The Morgan fingerprint density at radius 3 is 2.65 bits per heavy atom. The molecule has 0 aliphatic rings. The maximum absolute atomic E-state index is 12.0. The predicted octanol–water partition coefficient (Wildman–Crippen LogP) is 3.76. The number of hydrogen-bond donors (Lipinski definition) is 2. The Labute approximate surface area is 189 Å². The summed E-state index contributed by atoms with van der Waals surface area (Å²) in [5.41, 5.74) is 2.02. The number of hydrogen-bond acceptors (Lipinski definition) is 6. The molecule has 0 spiro atoms. The van der Waals surface area contributed by atoms with Crippen molar-refractivity contribution in [1.29, 1.82) is 0 Å². The van der Waals surface area contributed by atoms with Gasteiger partial charge < -0.3 is 15.4 Å². The zero-order chi connectivity index (χ0) is 22.8. The standard InChI is InChI=1S/C23H35N5O2S/c1-7-30-22(29)20-17(3)26-21(31-20)18(4)27-23(24-5)25-14-13-16(2)28(6)15-19-11-9-8-10-12-19/h8-12,16,18H,7,13-15H2,1-6H3,(H2,24,25,27). The summed E-state index contributed by atoms with van der Waals surface area (Å²) >= 11 is 1.36. The van der Waals surface area contributed by atoms with Crippen molar-refractivity contribution < 1.29 is 9.53 Å². The number of benzene rings is 1. The Hall–Kier alpha value is -2.45. The van der Waals surface area contributed by atoms with Gasteiger partial charge in [-0.25, -0.2) is 9.78 Å². The van der Waals surface area contributed by atoms with Gasteiger partial charge in [0.25, 0.3) is 0 Å². The van der Waals surface area contributed by atoms with Crippen LogP contribution in [0.1, 0.15) is 59.2 Å². The number of carbonyl (C=O) groups excluding carboxylic acids is 1. The lowest BCUT2D eigenvalue weighted by atomic mass is 10.1. The molecule has 0 saturated carbocycles. The highest BCUT2D eigenvalue weighted by Gasteiger charge is 2.20. The van der Waals surface area contributed by atoms with Crippen LogP contribution in [-0.2, 0) is 11.3 Å². The van der Waals surface area contributed by atoms with Crippen LogP contribution in [0.2, 0.25) is 0 Å². The molecule has 2 unspecified atom stereocenters. The summed E-state index contributed by atoms with van der Waals surface area (Å²) < 4.78 is 5.11. The van der Waals surface area contributed by atoms with Gasteiger partial charge in [-0.05, 0) is 46.7 Å². The highest BCUT2D eigenvalue weighted by atomic mass is 32.1. The Kier molecular flexibility index (Phi) is 9.94. The Morgan fingerprint density at radius 1 is 1.29 bits per heavy atom. The van der Waals surface area contributed by atoms with Gasteiger partial charge >= 0.3 is 5.97 Å². The molecule has 2 atom stereocenters. The van der Waals surface area contributed by atoms with E-state index < -0.39 is 0 Å².